The highest BCUT2D eigenvalue weighted by atomic mass is 16.5. The van der Waals surface area contributed by atoms with Gasteiger partial charge in [0.15, 0.2) is 11.5 Å². The third kappa shape index (κ3) is 4.92. The van der Waals surface area contributed by atoms with E-state index in [0.29, 0.717) is 12.6 Å². The predicted octanol–water partition coefficient (Wildman–Crippen LogP) is 4.15. The first kappa shape index (κ1) is 16.2. The highest BCUT2D eigenvalue weighted by molar-refractivity contribution is 5.42. The average Bonchev–Trinajstić information content (AvgIpc) is 2.70. The summed E-state index contributed by atoms with van der Waals surface area (Å²) >= 11 is 0. The van der Waals surface area contributed by atoms with E-state index >= 15 is 0 Å². The van der Waals surface area contributed by atoms with Gasteiger partial charge in [-0.1, -0.05) is 25.8 Å². The summed E-state index contributed by atoms with van der Waals surface area (Å²) < 4.78 is 11.0. The van der Waals surface area contributed by atoms with Crippen molar-refractivity contribution in [3.8, 4) is 11.5 Å². The van der Waals surface area contributed by atoms with Crippen LogP contribution in [0.2, 0.25) is 0 Å². The molecule has 21 heavy (non-hydrogen) atoms. The molecule has 1 aromatic carbocycles. The van der Waals surface area contributed by atoms with E-state index in [-0.39, 0.29) is 0 Å². The smallest absolute Gasteiger partial charge is 0.161 e. The van der Waals surface area contributed by atoms with Gasteiger partial charge in [-0.25, -0.2) is 0 Å². The number of methoxy groups -OCH3 is 1. The molecule has 2 rings (SSSR count). The summed E-state index contributed by atoms with van der Waals surface area (Å²) in [7, 11) is 1.68. The third-order valence-electron chi connectivity index (χ3n) is 4.38. The highest BCUT2D eigenvalue weighted by Gasteiger charge is 2.15. The van der Waals surface area contributed by atoms with Crippen LogP contribution in [0, 0.1) is 5.92 Å². The molecule has 1 aliphatic rings. The number of nitrogens with one attached hydrogen (secondary N) is 1. The lowest BCUT2D eigenvalue weighted by Gasteiger charge is -2.17. The van der Waals surface area contributed by atoms with Crippen LogP contribution in [-0.2, 0) is 6.54 Å². The Hall–Kier alpha value is -1.22. The van der Waals surface area contributed by atoms with Crippen molar-refractivity contribution in [1.82, 2.24) is 5.32 Å². The van der Waals surface area contributed by atoms with Crippen molar-refractivity contribution in [2.75, 3.05) is 13.7 Å². The molecule has 0 heterocycles. The molecule has 2 unspecified atom stereocenters. The molecule has 1 aromatic rings. The van der Waals surface area contributed by atoms with E-state index in [1.54, 1.807) is 7.11 Å². The van der Waals surface area contributed by atoms with Crippen LogP contribution in [0.15, 0.2) is 18.2 Å². The Balaban J connectivity index is 1.91. The summed E-state index contributed by atoms with van der Waals surface area (Å²) in [6.07, 6.45) is 6.69. The maximum atomic E-state index is 5.64. The summed E-state index contributed by atoms with van der Waals surface area (Å²) in [6.45, 7) is 5.94. The molecule has 0 amide bonds. The van der Waals surface area contributed by atoms with Crippen LogP contribution in [0.1, 0.15) is 51.5 Å². The van der Waals surface area contributed by atoms with Gasteiger partial charge in [-0.2, -0.15) is 0 Å². The van der Waals surface area contributed by atoms with Crippen molar-refractivity contribution in [2.45, 2.75) is 58.5 Å². The standard InChI is InChI=1S/C18H29NO2/c1-4-21-18-12-15(9-11-17(18)20-3)13-19-16-7-5-6-14(2)8-10-16/h9,11-12,14,16,19H,4-8,10,13H2,1-3H3. The lowest BCUT2D eigenvalue weighted by atomic mass is 10.0. The van der Waals surface area contributed by atoms with Gasteiger partial charge in [0.25, 0.3) is 0 Å². The highest BCUT2D eigenvalue weighted by Crippen LogP contribution is 2.28. The number of hydrogen-bond acceptors (Lipinski definition) is 3. The van der Waals surface area contributed by atoms with Crippen molar-refractivity contribution in [1.29, 1.82) is 0 Å². The van der Waals surface area contributed by atoms with Crippen LogP contribution >= 0.6 is 0 Å². The molecule has 0 bridgehead atoms. The fourth-order valence-electron chi connectivity index (χ4n) is 3.05. The van der Waals surface area contributed by atoms with Crippen molar-refractivity contribution in [2.24, 2.45) is 5.92 Å². The Kier molecular flexibility index (Phi) is 6.37. The van der Waals surface area contributed by atoms with Crippen molar-refractivity contribution in [3.63, 3.8) is 0 Å². The van der Waals surface area contributed by atoms with Gasteiger partial charge in [-0.05, 0) is 49.8 Å². The maximum absolute atomic E-state index is 5.64. The molecule has 118 valence electrons. The lowest BCUT2D eigenvalue weighted by molar-refractivity contribution is 0.310. The van der Waals surface area contributed by atoms with Crippen LogP contribution in [0.3, 0.4) is 0 Å². The zero-order valence-electron chi connectivity index (χ0n) is 13.7. The summed E-state index contributed by atoms with van der Waals surface area (Å²) in [5.41, 5.74) is 1.26. The first-order chi connectivity index (χ1) is 10.2. The summed E-state index contributed by atoms with van der Waals surface area (Å²) in [4.78, 5) is 0. The first-order valence-electron chi connectivity index (χ1n) is 8.26. The molecule has 1 aliphatic carbocycles. The molecule has 1 fully saturated rings. The maximum Gasteiger partial charge on any atom is 0.161 e. The van der Waals surface area contributed by atoms with Gasteiger partial charge in [0.1, 0.15) is 0 Å². The molecule has 3 heteroatoms. The molecule has 0 saturated heterocycles. The Labute approximate surface area is 129 Å². The van der Waals surface area contributed by atoms with Crippen LogP contribution in [0.25, 0.3) is 0 Å². The Morgan fingerprint density at radius 2 is 2.00 bits per heavy atom. The van der Waals surface area contributed by atoms with Crippen molar-refractivity contribution in [3.05, 3.63) is 23.8 Å². The normalized spacial score (nSPS) is 22.6. The molecule has 1 N–H and O–H groups in total. The molecule has 0 radical (unpaired) electrons. The van der Waals surface area contributed by atoms with E-state index in [9.17, 15) is 0 Å². The number of benzene rings is 1. The zero-order chi connectivity index (χ0) is 15.1. The molecule has 0 aromatic heterocycles. The molecular formula is C18H29NO2. The van der Waals surface area contributed by atoms with E-state index in [1.807, 2.05) is 13.0 Å². The second kappa shape index (κ2) is 8.28. The fraction of sp³-hybridized carbons (Fsp3) is 0.667. The molecule has 1 saturated carbocycles. The minimum Gasteiger partial charge on any atom is -0.493 e. The van der Waals surface area contributed by atoms with Crippen molar-refractivity contribution >= 4 is 0 Å². The topological polar surface area (TPSA) is 30.5 Å². The van der Waals surface area contributed by atoms with Gasteiger partial charge in [0, 0.05) is 12.6 Å². The number of ether oxygens (including phenoxy) is 2. The monoisotopic (exact) mass is 291 g/mol. The van der Waals surface area contributed by atoms with Crippen LogP contribution in [0.5, 0.6) is 11.5 Å². The quantitative estimate of drug-likeness (QED) is 0.799. The SMILES string of the molecule is CCOc1cc(CNC2CCCC(C)CC2)ccc1OC. The molecule has 2 atom stereocenters. The third-order valence-corrected chi connectivity index (χ3v) is 4.38. The minimum absolute atomic E-state index is 0.660. The fourth-order valence-corrected chi connectivity index (χ4v) is 3.05. The Morgan fingerprint density at radius 1 is 1.14 bits per heavy atom. The van der Waals surface area contributed by atoms with E-state index in [1.165, 1.54) is 37.7 Å². The largest absolute Gasteiger partial charge is 0.493 e. The van der Waals surface area contributed by atoms with Gasteiger partial charge in [-0.15, -0.1) is 0 Å². The zero-order valence-corrected chi connectivity index (χ0v) is 13.7. The molecule has 0 aliphatic heterocycles. The van der Waals surface area contributed by atoms with Gasteiger partial charge in [0.05, 0.1) is 13.7 Å². The first-order valence-corrected chi connectivity index (χ1v) is 8.26. The van der Waals surface area contributed by atoms with E-state index in [2.05, 4.69) is 24.4 Å². The summed E-state index contributed by atoms with van der Waals surface area (Å²) in [5, 5.41) is 3.71. The van der Waals surface area contributed by atoms with Gasteiger partial charge < -0.3 is 14.8 Å². The number of rotatable bonds is 6. The van der Waals surface area contributed by atoms with Crippen LogP contribution < -0.4 is 14.8 Å². The van der Waals surface area contributed by atoms with Gasteiger partial charge >= 0.3 is 0 Å². The summed E-state index contributed by atoms with van der Waals surface area (Å²) in [5.74, 6) is 2.54. The average molecular weight is 291 g/mol. The van der Waals surface area contributed by atoms with E-state index < -0.39 is 0 Å². The minimum atomic E-state index is 0.660. The molecule has 3 nitrogen and oxygen atoms in total. The van der Waals surface area contributed by atoms with Gasteiger partial charge in [0.2, 0.25) is 0 Å². The van der Waals surface area contributed by atoms with Gasteiger partial charge in [-0.3, -0.25) is 0 Å². The predicted molar refractivity (Wildman–Crippen MR) is 87.0 cm³/mol. The Morgan fingerprint density at radius 3 is 2.76 bits per heavy atom. The van der Waals surface area contributed by atoms with Crippen LogP contribution in [-0.4, -0.2) is 19.8 Å². The molecule has 0 spiro atoms. The van der Waals surface area contributed by atoms with Crippen LogP contribution in [0.4, 0.5) is 0 Å². The number of hydrogen-bond donors (Lipinski definition) is 1. The molecular weight excluding hydrogens is 262 g/mol. The lowest BCUT2D eigenvalue weighted by Crippen LogP contribution is -2.27. The Bertz CT molecular complexity index is 433. The van der Waals surface area contributed by atoms with E-state index in [0.717, 1.165) is 24.0 Å². The van der Waals surface area contributed by atoms with E-state index in [4.69, 9.17) is 9.47 Å². The second-order valence-corrected chi connectivity index (χ2v) is 6.11. The van der Waals surface area contributed by atoms with Crippen molar-refractivity contribution < 1.29 is 9.47 Å². The second-order valence-electron chi connectivity index (χ2n) is 6.11. The summed E-state index contributed by atoms with van der Waals surface area (Å²) in [6, 6.07) is 6.87.